The largest absolute Gasteiger partial charge is 0.371 e. The van der Waals surface area contributed by atoms with Gasteiger partial charge in [-0.15, -0.1) is 0 Å². The Morgan fingerprint density at radius 2 is 1.04 bits per heavy atom. The van der Waals surface area contributed by atoms with E-state index in [2.05, 4.69) is 58.3 Å². The monoisotopic (exact) mass is 306 g/mol. The molecular formula is C21H26N2. The van der Waals surface area contributed by atoms with E-state index in [1.165, 1.54) is 80.8 Å². The highest BCUT2D eigenvalue weighted by Gasteiger charge is 2.22. The molecule has 2 nitrogen and oxygen atoms in total. The Labute approximate surface area is 139 Å². The van der Waals surface area contributed by atoms with Gasteiger partial charge in [-0.3, -0.25) is 0 Å². The van der Waals surface area contributed by atoms with Crippen LogP contribution < -0.4 is 9.80 Å². The van der Waals surface area contributed by atoms with Gasteiger partial charge in [0.05, 0.1) is 0 Å². The van der Waals surface area contributed by atoms with Crippen LogP contribution in [0.25, 0.3) is 11.1 Å². The zero-order chi connectivity index (χ0) is 15.5. The zero-order valence-electron chi connectivity index (χ0n) is 13.9. The lowest BCUT2D eigenvalue weighted by molar-refractivity contribution is 0.578. The first kappa shape index (κ1) is 14.6. The van der Waals surface area contributed by atoms with Gasteiger partial charge in [-0.25, -0.2) is 0 Å². The number of hydrogen-bond acceptors (Lipinski definition) is 2. The summed E-state index contributed by atoms with van der Waals surface area (Å²) in [6.45, 7) is 4.79. The van der Waals surface area contributed by atoms with Crippen molar-refractivity contribution in [2.24, 2.45) is 0 Å². The molecule has 2 fully saturated rings. The van der Waals surface area contributed by atoms with Crippen molar-refractivity contribution in [1.29, 1.82) is 0 Å². The van der Waals surface area contributed by atoms with Gasteiger partial charge in [0.15, 0.2) is 0 Å². The molecular weight excluding hydrogens is 280 g/mol. The Kier molecular flexibility index (Phi) is 4.23. The summed E-state index contributed by atoms with van der Waals surface area (Å²) in [4.78, 5) is 5.18. The molecule has 0 bridgehead atoms. The lowest BCUT2D eigenvalue weighted by atomic mass is 9.98. The molecule has 2 heterocycles. The summed E-state index contributed by atoms with van der Waals surface area (Å²) in [6, 6.07) is 17.9. The molecule has 2 aromatic carbocycles. The van der Waals surface area contributed by atoms with Gasteiger partial charge in [0.25, 0.3) is 0 Å². The molecule has 0 unspecified atom stereocenters. The lowest BCUT2D eigenvalue weighted by Crippen LogP contribution is -2.30. The molecule has 0 aliphatic carbocycles. The molecule has 2 aliphatic heterocycles. The van der Waals surface area contributed by atoms with Crippen LogP contribution in [0.4, 0.5) is 11.4 Å². The fraction of sp³-hybridized carbons (Fsp3) is 0.429. The summed E-state index contributed by atoms with van der Waals surface area (Å²) in [5.74, 6) is 0. The van der Waals surface area contributed by atoms with E-state index in [9.17, 15) is 0 Å². The number of rotatable bonds is 3. The molecule has 0 atom stereocenters. The van der Waals surface area contributed by atoms with E-state index in [1.807, 2.05) is 0 Å². The maximum Gasteiger partial charge on any atom is 0.0466 e. The second-order valence-corrected chi connectivity index (χ2v) is 6.78. The average molecular weight is 306 g/mol. The second-order valence-electron chi connectivity index (χ2n) is 6.78. The van der Waals surface area contributed by atoms with Crippen molar-refractivity contribution in [3.8, 4) is 11.1 Å². The maximum atomic E-state index is 2.60. The SMILES string of the molecule is c1ccc(-c2c(N3CCCCC3)cccc2N2CCCC2)cc1. The third-order valence-corrected chi connectivity index (χ3v) is 5.23. The van der Waals surface area contributed by atoms with Crippen LogP contribution in [0, 0.1) is 0 Å². The van der Waals surface area contributed by atoms with Crippen LogP contribution in [-0.4, -0.2) is 26.2 Å². The summed E-state index contributed by atoms with van der Waals surface area (Å²) in [7, 11) is 0. The molecule has 2 saturated heterocycles. The minimum atomic E-state index is 1.20. The van der Waals surface area contributed by atoms with Crippen molar-refractivity contribution >= 4 is 11.4 Å². The molecule has 2 aromatic rings. The van der Waals surface area contributed by atoms with E-state index in [0.717, 1.165) is 0 Å². The van der Waals surface area contributed by atoms with Crippen LogP contribution in [0.1, 0.15) is 32.1 Å². The van der Waals surface area contributed by atoms with Crippen LogP contribution in [-0.2, 0) is 0 Å². The number of anilines is 2. The van der Waals surface area contributed by atoms with E-state index in [1.54, 1.807) is 0 Å². The molecule has 120 valence electrons. The smallest absolute Gasteiger partial charge is 0.0466 e. The molecule has 0 radical (unpaired) electrons. The van der Waals surface area contributed by atoms with Crippen LogP contribution in [0.15, 0.2) is 48.5 Å². The van der Waals surface area contributed by atoms with E-state index in [-0.39, 0.29) is 0 Å². The van der Waals surface area contributed by atoms with Crippen molar-refractivity contribution in [2.75, 3.05) is 36.0 Å². The van der Waals surface area contributed by atoms with Gasteiger partial charge in [-0.1, -0.05) is 36.4 Å². The third-order valence-electron chi connectivity index (χ3n) is 5.23. The van der Waals surface area contributed by atoms with Crippen LogP contribution >= 0.6 is 0 Å². The normalized spacial score (nSPS) is 18.4. The molecule has 0 spiro atoms. The fourth-order valence-electron chi connectivity index (χ4n) is 4.05. The summed E-state index contributed by atoms with van der Waals surface area (Å²) in [5, 5.41) is 0. The summed E-state index contributed by atoms with van der Waals surface area (Å²) < 4.78 is 0. The topological polar surface area (TPSA) is 6.48 Å². The van der Waals surface area contributed by atoms with E-state index in [4.69, 9.17) is 0 Å². The van der Waals surface area contributed by atoms with Crippen molar-refractivity contribution in [3.05, 3.63) is 48.5 Å². The summed E-state index contributed by atoms with van der Waals surface area (Å²) in [5.41, 5.74) is 5.66. The minimum Gasteiger partial charge on any atom is -0.371 e. The Bertz CT molecular complexity index is 638. The lowest BCUT2D eigenvalue weighted by Gasteiger charge is -2.33. The predicted molar refractivity (Wildman–Crippen MR) is 99.4 cm³/mol. The predicted octanol–water partition coefficient (Wildman–Crippen LogP) is 4.94. The molecule has 2 heteroatoms. The van der Waals surface area contributed by atoms with Crippen molar-refractivity contribution < 1.29 is 0 Å². The number of nitrogens with zero attached hydrogens (tertiary/aromatic N) is 2. The number of piperidine rings is 1. The first-order valence-corrected chi connectivity index (χ1v) is 9.12. The number of hydrogen-bond donors (Lipinski definition) is 0. The van der Waals surface area contributed by atoms with E-state index < -0.39 is 0 Å². The van der Waals surface area contributed by atoms with Gasteiger partial charge in [-0.05, 0) is 49.8 Å². The third kappa shape index (κ3) is 2.95. The first-order valence-electron chi connectivity index (χ1n) is 9.12. The highest BCUT2D eigenvalue weighted by molar-refractivity contribution is 5.89. The number of benzene rings is 2. The standard InChI is InChI=1S/C21H26N2/c1-3-10-18(11-4-1)21-19(22-14-5-2-6-15-22)12-9-13-20(21)23-16-7-8-17-23/h1,3-4,9-13H,2,5-8,14-17H2. The van der Waals surface area contributed by atoms with Crippen LogP contribution in [0.2, 0.25) is 0 Å². The molecule has 4 rings (SSSR count). The summed E-state index contributed by atoms with van der Waals surface area (Å²) in [6.07, 6.45) is 6.66. The molecule has 0 saturated carbocycles. The van der Waals surface area contributed by atoms with Gasteiger partial charge >= 0.3 is 0 Å². The Morgan fingerprint density at radius 1 is 0.522 bits per heavy atom. The molecule has 0 aromatic heterocycles. The second kappa shape index (κ2) is 6.66. The molecule has 0 amide bonds. The molecule has 0 N–H and O–H groups in total. The summed E-state index contributed by atoms with van der Waals surface area (Å²) >= 11 is 0. The Balaban J connectivity index is 1.82. The van der Waals surface area contributed by atoms with Gasteiger partial charge < -0.3 is 9.80 Å². The van der Waals surface area contributed by atoms with Gasteiger partial charge in [0.2, 0.25) is 0 Å². The first-order chi connectivity index (χ1) is 11.4. The van der Waals surface area contributed by atoms with Gasteiger partial charge in [0, 0.05) is 43.1 Å². The zero-order valence-corrected chi connectivity index (χ0v) is 13.9. The Morgan fingerprint density at radius 3 is 1.61 bits per heavy atom. The van der Waals surface area contributed by atoms with E-state index >= 15 is 0 Å². The van der Waals surface area contributed by atoms with Crippen LogP contribution in [0.3, 0.4) is 0 Å². The maximum absolute atomic E-state index is 2.60. The Hall–Kier alpha value is -1.96. The average Bonchev–Trinajstić information content (AvgIpc) is 3.17. The highest BCUT2D eigenvalue weighted by Crippen LogP contribution is 2.41. The van der Waals surface area contributed by atoms with E-state index in [0.29, 0.717) is 0 Å². The fourth-order valence-corrected chi connectivity index (χ4v) is 4.05. The van der Waals surface area contributed by atoms with Crippen molar-refractivity contribution in [1.82, 2.24) is 0 Å². The van der Waals surface area contributed by atoms with Crippen molar-refractivity contribution in [2.45, 2.75) is 32.1 Å². The van der Waals surface area contributed by atoms with Gasteiger partial charge in [0.1, 0.15) is 0 Å². The van der Waals surface area contributed by atoms with Crippen molar-refractivity contribution in [3.63, 3.8) is 0 Å². The highest BCUT2D eigenvalue weighted by atomic mass is 15.2. The van der Waals surface area contributed by atoms with Crippen LogP contribution in [0.5, 0.6) is 0 Å². The minimum absolute atomic E-state index is 1.20. The quantitative estimate of drug-likeness (QED) is 0.792. The molecule has 23 heavy (non-hydrogen) atoms. The molecule has 2 aliphatic rings. The van der Waals surface area contributed by atoms with Gasteiger partial charge in [-0.2, -0.15) is 0 Å².